The maximum absolute atomic E-state index is 10.9. The zero-order valence-corrected chi connectivity index (χ0v) is 7.98. The lowest BCUT2D eigenvalue weighted by molar-refractivity contribution is -0.118. The molecule has 11 heavy (non-hydrogen) atoms. The summed E-state index contributed by atoms with van der Waals surface area (Å²) in [7, 11) is 0. The third-order valence-corrected chi connectivity index (χ3v) is 2.32. The maximum Gasteiger partial charge on any atom is 0.133 e. The van der Waals surface area contributed by atoms with Crippen LogP contribution in [-0.2, 0) is 4.79 Å². The van der Waals surface area contributed by atoms with Crippen molar-refractivity contribution >= 4 is 5.78 Å². The average molecular weight is 154 g/mol. The van der Waals surface area contributed by atoms with E-state index < -0.39 is 0 Å². The lowest BCUT2D eigenvalue weighted by atomic mass is 9.89. The van der Waals surface area contributed by atoms with E-state index in [4.69, 9.17) is 0 Å². The predicted octanol–water partition coefficient (Wildman–Crippen LogP) is 2.65. The van der Waals surface area contributed by atoms with Gasteiger partial charge in [-0.2, -0.15) is 0 Å². The summed E-state index contributed by atoms with van der Waals surface area (Å²) in [4.78, 5) is 10.9. The minimum absolute atomic E-state index is 0.388. The first-order valence-electron chi connectivity index (χ1n) is 4.40. The first kappa shape index (κ1) is 8.76. The molecule has 0 aromatic rings. The SMILES string of the molecule is CC(=O)C1CC1CC(C)(C)C. The highest BCUT2D eigenvalue weighted by molar-refractivity contribution is 5.81. The summed E-state index contributed by atoms with van der Waals surface area (Å²) in [5, 5.41) is 0. The minimum atomic E-state index is 0.388. The monoisotopic (exact) mass is 154 g/mol. The fourth-order valence-corrected chi connectivity index (χ4v) is 1.76. The Kier molecular flexibility index (Phi) is 2.08. The average Bonchev–Trinajstić information content (AvgIpc) is 2.40. The van der Waals surface area contributed by atoms with E-state index in [-0.39, 0.29) is 0 Å². The van der Waals surface area contributed by atoms with E-state index in [0.717, 1.165) is 6.42 Å². The van der Waals surface area contributed by atoms with Crippen LogP contribution in [0.15, 0.2) is 0 Å². The highest BCUT2D eigenvalue weighted by Crippen LogP contribution is 2.46. The standard InChI is InChI=1S/C10H18O/c1-7(11)9-5-8(9)6-10(2,3)4/h8-9H,5-6H2,1-4H3. The summed E-state index contributed by atoms with van der Waals surface area (Å²) in [5.41, 5.74) is 0.398. The third-order valence-electron chi connectivity index (χ3n) is 2.32. The van der Waals surface area contributed by atoms with Crippen molar-refractivity contribution in [3.8, 4) is 0 Å². The van der Waals surface area contributed by atoms with E-state index in [0.29, 0.717) is 23.0 Å². The van der Waals surface area contributed by atoms with Crippen molar-refractivity contribution in [2.75, 3.05) is 0 Å². The second-order valence-corrected chi connectivity index (χ2v) is 4.98. The molecule has 0 N–H and O–H groups in total. The number of carbonyl (C=O) groups is 1. The second kappa shape index (κ2) is 2.62. The van der Waals surface area contributed by atoms with Gasteiger partial charge in [0.25, 0.3) is 0 Å². The molecule has 64 valence electrons. The van der Waals surface area contributed by atoms with Crippen LogP contribution in [0.1, 0.15) is 40.5 Å². The molecule has 0 spiro atoms. The Morgan fingerprint density at radius 3 is 2.27 bits per heavy atom. The number of ketones is 1. The van der Waals surface area contributed by atoms with Gasteiger partial charge in [-0.05, 0) is 31.1 Å². The molecule has 0 aromatic carbocycles. The molecule has 0 heterocycles. The van der Waals surface area contributed by atoms with Crippen LogP contribution in [0.5, 0.6) is 0 Å². The van der Waals surface area contributed by atoms with Crippen LogP contribution in [-0.4, -0.2) is 5.78 Å². The molecular weight excluding hydrogens is 136 g/mol. The smallest absolute Gasteiger partial charge is 0.133 e. The van der Waals surface area contributed by atoms with Crippen molar-refractivity contribution < 1.29 is 4.79 Å². The third kappa shape index (κ3) is 2.64. The van der Waals surface area contributed by atoms with Crippen LogP contribution in [0.2, 0.25) is 0 Å². The summed E-state index contributed by atoms with van der Waals surface area (Å²) < 4.78 is 0. The van der Waals surface area contributed by atoms with Crippen molar-refractivity contribution in [2.45, 2.75) is 40.5 Å². The van der Waals surface area contributed by atoms with E-state index in [9.17, 15) is 4.79 Å². The molecule has 1 fully saturated rings. The van der Waals surface area contributed by atoms with E-state index in [2.05, 4.69) is 20.8 Å². The first-order chi connectivity index (χ1) is 4.90. The zero-order chi connectivity index (χ0) is 8.65. The summed E-state index contributed by atoms with van der Waals surface area (Å²) in [6, 6.07) is 0. The molecule has 0 radical (unpaired) electrons. The van der Waals surface area contributed by atoms with Crippen LogP contribution in [0.3, 0.4) is 0 Å². The van der Waals surface area contributed by atoms with E-state index in [1.807, 2.05) is 0 Å². The predicted molar refractivity (Wildman–Crippen MR) is 46.4 cm³/mol. The highest BCUT2D eigenvalue weighted by atomic mass is 16.1. The van der Waals surface area contributed by atoms with Gasteiger partial charge >= 0.3 is 0 Å². The molecule has 1 rings (SSSR count). The Labute approximate surface area is 69.2 Å². The van der Waals surface area contributed by atoms with Crippen molar-refractivity contribution in [3.05, 3.63) is 0 Å². The Bertz CT molecular complexity index is 164. The van der Waals surface area contributed by atoms with E-state index in [1.54, 1.807) is 6.92 Å². The number of hydrogen-bond donors (Lipinski definition) is 0. The van der Waals surface area contributed by atoms with Crippen molar-refractivity contribution in [2.24, 2.45) is 17.3 Å². The Hall–Kier alpha value is -0.330. The second-order valence-electron chi connectivity index (χ2n) is 4.98. The molecule has 0 amide bonds. The van der Waals surface area contributed by atoms with Gasteiger partial charge in [-0.15, -0.1) is 0 Å². The molecule has 0 aromatic heterocycles. The molecular formula is C10H18O. The molecule has 0 aliphatic heterocycles. The number of rotatable bonds is 2. The fourth-order valence-electron chi connectivity index (χ4n) is 1.76. The molecule has 0 saturated heterocycles. The van der Waals surface area contributed by atoms with Gasteiger partial charge < -0.3 is 0 Å². The molecule has 1 aliphatic rings. The van der Waals surface area contributed by atoms with Gasteiger partial charge in [0.1, 0.15) is 5.78 Å². The van der Waals surface area contributed by atoms with Gasteiger partial charge in [-0.3, -0.25) is 4.79 Å². The zero-order valence-electron chi connectivity index (χ0n) is 7.98. The molecule has 2 atom stereocenters. The van der Waals surface area contributed by atoms with Crippen LogP contribution in [0.4, 0.5) is 0 Å². The maximum atomic E-state index is 10.9. The fraction of sp³-hybridized carbons (Fsp3) is 0.900. The lowest BCUT2D eigenvalue weighted by Crippen LogP contribution is -2.07. The first-order valence-corrected chi connectivity index (χ1v) is 4.40. The van der Waals surface area contributed by atoms with Crippen molar-refractivity contribution in [3.63, 3.8) is 0 Å². The Balaban J connectivity index is 2.29. The van der Waals surface area contributed by atoms with E-state index >= 15 is 0 Å². The normalized spacial score (nSPS) is 30.2. The van der Waals surface area contributed by atoms with Gasteiger partial charge in [0.15, 0.2) is 0 Å². The minimum Gasteiger partial charge on any atom is -0.300 e. The number of Topliss-reactive ketones (excluding diaryl/α,β-unsaturated/α-hetero) is 1. The highest BCUT2D eigenvalue weighted by Gasteiger charge is 2.42. The van der Waals surface area contributed by atoms with Gasteiger partial charge in [0.05, 0.1) is 0 Å². The summed E-state index contributed by atoms with van der Waals surface area (Å²) in [6.45, 7) is 8.43. The quantitative estimate of drug-likeness (QED) is 0.597. The Morgan fingerprint density at radius 1 is 1.45 bits per heavy atom. The molecule has 1 saturated carbocycles. The number of hydrogen-bond acceptors (Lipinski definition) is 1. The number of carbonyl (C=O) groups excluding carboxylic acids is 1. The molecule has 1 aliphatic carbocycles. The van der Waals surface area contributed by atoms with Crippen LogP contribution < -0.4 is 0 Å². The van der Waals surface area contributed by atoms with Crippen molar-refractivity contribution in [1.29, 1.82) is 0 Å². The van der Waals surface area contributed by atoms with Crippen LogP contribution in [0, 0.1) is 17.3 Å². The summed E-state index contributed by atoms with van der Waals surface area (Å²) in [5.74, 6) is 1.50. The Morgan fingerprint density at radius 2 is 2.00 bits per heavy atom. The molecule has 0 bridgehead atoms. The van der Waals surface area contributed by atoms with Gasteiger partial charge in [-0.25, -0.2) is 0 Å². The molecule has 2 unspecified atom stereocenters. The molecule has 1 nitrogen and oxygen atoms in total. The summed E-state index contributed by atoms with van der Waals surface area (Å²) >= 11 is 0. The summed E-state index contributed by atoms with van der Waals surface area (Å²) in [6.07, 6.45) is 2.35. The van der Waals surface area contributed by atoms with Gasteiger partial charge in [0, 0.05) is 5.92 Å². The topological polar surface area (TPSA) is 17.1 Å². The van der Waals surface area contributed by atoms with E-state index in [1.165, 1.54) is 6.42 Å². The molecule has 1 heteroatoms. The van der Waals surface area contributed by atoms with Crippen LogP contribution >= 0.6 is 0 Å². The largest absolute Gasteiger partial charge is 0.300 e. The van der Waals surface area contributed by atoms with Gasteiger partial charge in [0.2, 0.25) is 0 Å². The van der Waals surface area contributed by atoms with Crippen molar-refractivity contribution in [1.82, 2.24) is 0 Å². The lowest BCUT2D eigenvalue weighted by Gasteiger charge is -2.17. The van der Waals surface area contributed by atoms with Gasteiger partial charge in [-0.1, -0.05) is 20.8 Å². The van der Waals surface area contributed by atoms with Crippen LogP contribution in [0.25, 0.3) is 0 Å².